The maximum Gasteiger partial charge on any atom is 0.384 e. The van der Waals surface area contributed by atoms with Crippen molar-refractivity contribution in [3.05, 3.63) is 53.6 Å². The number of fused-ring (bicyclic) bond motifs is 2. The molecule has 0 amide bonds. The van der Waals surface area contributed by atoms with Gasteiger partial charge in [-0.1, -0.05) is 6.07 Å². The summed E-state index contributed by atoms with van der Waals surface area (Å²) in [4.78, 5) is 22.1. The average Bonchev–Trinajstić information content (AvgIpc) is 2.87. The van der Waals surface area contributed by atoms with Crippen LogP contribution in [0.3, 0.4) is 0 Å². The molecule has 43 heavy (non-hydrogen) atoms. The van der Waals surface area contributed by atoms with Crippen LogP contribution in [0.5, 0.6) is 0 Å². The number of hydrogen-bond acceptors (Lipinski definition) is 10. The second kappa shape index (κ2) is 11.0. The van der Waals surface area contributed by atoms with E-state index in [1.54, 1.807) is 0 Å². The van der Waals surface area contributed by atoms with Crippen LogP contribution in [-0.4, -0.2) is 68.8 Å². The number of nitrogen functional groups attached to an aromatic ring is 2. The number of carboxylic acids is 2. The first kappa shape index (κ1) is 31.5. The van der Waals surface area contributed by atoms with E-state index in [2.05, 4.69) is 4.72 Å². The summed E-state index contributed by atoms with van der Waals surface area (Å²) in [5.41, 5.74) is 8.28. The molecule has 16 nitrogen and oxygen atoms in total. The lowest BCUT2D eigenvalue weighted by atomic mass is 9.92. The smallest absolute Gasteiger partial charge is 0.384 e. The minimum Gasteiger partial charge on any atom is -0.478 e. The SMILES string of the molecule is Nc1ccc2c(-c3ccc(C(=O)O)cc3C(=O)O)c3ccc(N)c(S(=O)(=O)NCCCS(=O)(=O)O)c3[o+]c2c1S(=O)(=O)O. The van der Waals surface area contributed by atoms with Crippen LogP contribution in [0.4, 0.5) is 11.4 Å². The van der Waals surface area contributed by atoms with Crippen molar-refractivity contribution < 1.29 is 58.6 Å². The molecule has 19 heteroatoms. The quantitative estimate of drug-likeness (QED) is 0.0421. The number of hydrogen-bond donors (Lipinski definition) is 7. The van der Waals surface area contributed by atoms with Crippen LogP contribution in [-0.2, 0) is 30.3 Å². The summed E-state index contributed by atoms with van der Waals surface area (Å²) in [6.45, 7) is -0.499. The molecule has 4 aromatic rings. The van der Waals surface area contributed by atoms with Gasteiger partial charge in [0.05, 0.1) is 39.0 Å². The minimum absolute atomic E-state index is 0.128. The highest BCUT2D eigenvalue weighted by Crippen LogP contribution is 2.44. The van der Waals surface area contributed by atoms with E-state index in [0.717, 1.165) is 30.3 Å². The molecule has 1 aromatic heterocycles. The van der Waals surface area contributed by atoms with Crippen molar-refractivity contribution >= 4 is 75.5 Å². The Morgan fingerprint density at radius 3 is 1.86 bits per heavy atom. The van der Waals surface area contributed by atoms with Crippen molar-refractivity contribution in [2.75, 3.05) is 23.8 Å². The zero-order valence-electron chi connectivity index (χ0n) is 21.5. The second-order valence-corrected chi connectivity index (χ2v) is 13.7. The highest BCUT2D eigenvalue weighted by molar-refractivity contribution is 7.90. The van der Waals surface area contributed by atoms with Gasteiger partial charge in [-0.3, -0.25) is 9.11 Å². The lowest BCUT2D eigenvalue weighted by Gasteiger charge is -2.13. The monoisotopic (exact) mass is 656 g/mol. The van der Waals surface area contributed by atoms with Gasteiger partial charge in [-0.2, -0.15) is 16.8 Å². The maximum atomic E-state index is 13.4. The summed E-state index contributed by atoms with van der Waals surface area (Å²) < 4.78 is 100. The predicted molar refractivity (Wildman–Crippen MR) is 152 cm³/mol. The number of nitrogens with two attached hydrogens (primary N) is 2. The Labute approximate surface area is 243 Å². The molecule has 0 unspecified atom stereocenters. The van der Waals surface area contributed by atoms with Crippen molar-refractivity contribution in [1.82, 2.24) is 4.72 Å². The van der Waals surface area contributed by atoms with Crippen LogP contribution in [0.2, 0.25) is 0 Å². The molecule has 0 fully saturated rings. The van der Waals surface area contributed by atoms with Crippen molar-refractivity contribution in [1.29, 1.82) is 0 Å². The van der Waals surface area contributed by atoms with Gasteiger partial charge in [0.15, 0.2) is 0 Å². The first-order valence-corrected chi connectivity index (χ1v) is 16.3. The zero-order valence-corrected chi connectivity index (χ0v) is 24.0. The number of sulfonamides is 1. The Balaban J connectivity index is 2.18. The summed E-state index contributed by atoms with van der Waals surface area (Å²) in [6, 6.07) is 7.71. The third-order valence-electron chi connectivity index (χ3n) is 6.19. The number of carboxylic acid groups (broad SMARTS) is 2. The average molecular weight is 657 g/mol. The number of benzene rings is 3. The lowest BCUT2D eigenvalue weighted by molar-refractivity contribution is 0.0696. The van der Waals surface area contributed by atoms with Crippen LogP contribution in [0, 0.1) is 0 Å². The molecule has 0 aliphatic carbocycles. The molecule has 4 rings (SSSR count). The van der Waals surface area contributed by atoms with Crippen molar-refractivity contribution in [2.45, 2.75) is 16.2 Å². The van der Waals surface area contributed by atoms with Gasteiger partial charge in [-0.25, -0.2) is 27.1 Å². The van der Waals surface area contributed by atoms with Gasteiger partial charge >= 0.3 is 33.2 Å². The molecule has 0 atom stereocenters. The van der Waals surface area contributed by atoms with E-state index in [9.17, 15) is 49.6 Å². The molecule has 0 aliphatic rings. The van der Waals surface area contributed by atoms with E-state index in [0.29, 0.717) is 0 Å². The van der Waals surface area contributed by atoms with Gasteiger partial charge in [-0.15, -0.1) is 0 Å². The minimum atomic E-state index is -5.15. The van der Waals surface area contributed by atoms with Crippen LogP contribution in [0.15, 0.2) is 56.7 Å². The molecule has 9 N–H and O–H groups in total. The second-order valence-electron chi connectivity index (χ2n) is 9.08. The standard InChI is InChI=1S/C24H21N3O13S3/c25-16-6-4-13-18(12-3-2-11(23(28)29)10-15(12)24(30)31)14-5-7-17(26)22(43(37,38)39)20(14)40-19(13)21(16)42(35,36)27-8-1-9-41(32,33)34/h2-7,10,27H,1,8-9,25-26H2,(H3-,28,29,30,31,32,33,34,37,38,39)/p+1. The number of rotatable bonds is 10. The van der Waals surface area contributed by atoms with Gasteiger partial charge in [0.1, 0.15) is 0 Å². The molecular formula is C24H22N3O13S3+. The van der Waals surface area contributed by atoms with Crippen molar-refractivity contribution in [3.8, 4) is 11.1 Å². The zero-order chi connectivity index (χ0) is 32.1. The maximum absolute atomic E-state index is 13.4. The molecule has 228 valence electrons. The number of anilines is 2. The van der Waals surface area contributed by atoms with E-state index in [1.807, 2.05) is 0 Å². The molecule has 1 heterocycles. The van der Waals surface area contributed by atoms with Crippen LogP contribution in [0.25, 0.3) is 33.1 Å². The Morgan fingerprint density at radius 2 is 1.35 bits per heavy atom. The molecule has 0 saturated heterocycles. The molecule has 0 bridgehead atoms. The summed E-state index contributed by atoms with van der Waals surface area (Å²) in [7, 11) is -14.2. The van der Waals surface area contributed by atoms with Gasteiger partial charge in [0.2, 0.25) is 9.79 Å². The molecule has 3 aromatic carbocycles. The Morgan fingerprint density at radius 1 is 0.791 bits per heavy atom. The first-order chi connectivity index (χ1) is 19.8. The highest BCUT2D eigenvalue weighted by atomic mass is 32.2. The lowest BCUT2D eigenvalue weighted by Crippen LogP contribution is -2.27. The number of aromatic carboxylic acids is 2. The van der Waals surface area contributed by atoms with Crippen LogP contribution >= 0.6 is 0 Å². The fourth-order valence-corrected chi connectivity index (χ4v) is 7.03. The van der Waals surface area contributed by atoms with E-state index < -0.39 is 98.0 Å². The van der Waals surface area contributed by atoms with Crippen molar-refractivity contribution in [2.24, 2.45) is 0 Å². The molecule has 0 aliphatic heterocycles. The Kier molecular flexibility index (Phi) is 8.08. The summed E-state index contributed by atoms with van der Waals surface area (Å²) in [5.74, 6) is -3.81. The molecule has 0 saturated carbocycles. The van der Waals surface area contributed by atoms with Crippen LogP contribution < -0.4 is 16.2 Å². The summed E-state index contributed by atoms with van der Waals surface area (Å²) in [5, 5.41) is 19.1. The van der Waals surface area contributed by atoms with E-state index in [1.165, 1.54) is 12.1 Å². The van der Waals surface area contributed by atoms with Gasteiger partial charge < -0.3 is 21.7 Å². The van der Waals surface area contributed by atoms with Gasteiger partial charge in [0, 0.05) is 12.1 Å². The summed E-state index contributed by atoms with van der Waals surface area (Å²) >= 11 is 0. The molecule has 0 spiro atoms. The first-order valence-electron chi connectivity index (χ1n) is 11.8. The number of nitrogens with one attached hydrogen (secondary N) is 1. The van der Waals surface area contributed by atoms with Gasteiger partial charge in [-0.05, 0) is 48.4 Å². The molecule has 0 radical (unpaired) electrons. The van der Waals surface area contributed by atoms with E-state index >= 15 is 0 Å². The topological polar surface area (TPSA) is 293 Å². The third-order valence-corrected chi connectivity index (χ3v) is 9.48. The van der Waals surface area contributed by atoms with E-state index in [4.69, 9.17) is 20.4 Å². The van der Waals surface area contributed by atoms with Crippen LogP contribution in [0.1, 0.15) is 27.1 Å². The largest absolute Gasteiger partial charge is 0.478 e. The Bertz CT molecular complexity index is 2180. The van der Waals surface area contributed by atoms with Crippen molar-refractivity contribution in [3.63, 3.8) is 0 Å². The normalized spacial score (nSPS) is 12.5. The van der Waals surface area contributed by atoms with E-state index in [-0.39, 0.29) is 28.3 Å². The fourth-order valence-electron chi connectivity index (χ4n) is 4.44. The fraction of sp³-hybridized carbons (Fsp3) is 0.125. The van der Waals surface area contributed by atoms with Gasteiger partial charge in [0.25, 0.3) is 20.1 Å². The number of carbonyl (C=O) groups is 2. The summed E-state index contributed by atoms with van der Waals surface area (Å²) in [6.07, 6.45) is -0.352. The predicted octanol–water partition coefficient (Wildman–Crippen LogP) is 1.90. The molecular weight excluding hydrogens is 634 g/mol. The Hall–Kier alpha value is -4.40. The highest BCUT2D eigenvalue weighted by Gasteiger charge is 2.36. The third kappa shape index (κ3) is 6.21.